The summed E-state index contributed by atoms with van der Waals surface area (Å²) in [4.78, 5) is 27.9. The van der Waals surface area contributed by atoms with Crippen LogP contribution in [0.1, 0.15) is 60.0 Å². The third kappa shape index (κ3) is 6.76. The Morgan fingerprint density at radius 1 is 1.12 bits per heavy atom. The van der Waals surface area contributed by atoms with Gasteiger partial charge in [0.25, 0.3) is 5.91 Å². The van der Waals surface area contributed by atoms with E-state index in [2.05, 4.69) is 9.62 Å². The summed E-state index contributed by atoms with van der Waals surface area (Å²) in [7, 11) is -3.30. The van der Waals surface area contributed by atoms with Crippen molar-refractivity contribution in [3.8, 4) is 5.75 Å². The van der Waals surface area contributed by atoms with Gasteiger partial charge in [-0.25, -0.2) is 13.1 Å². The summed E-state index contributed by atoms with van der Waals surface area (Å²) in [6, 6.07) is 10.7. The Morgan fingerprint density at radius 2 is 1.95 bits per heavy atom. The number of aryl methyl sites for hydroxylation is 1. The number of aliphatic hydroxyl groups is 1. The average Bonchev–Trinajstić information content (AvgIpc) is 2.97. The van der Waals surface area contributed by atoms with Crippen LogP contribution in [0.2, 0.25) is 5.02 Å². The molecule has 2 aromatic rings. The van der Waals surface area contributed by atoms with E-state index < -0.39 is 33.3 Å². The number of ether oxygens (including phenoxy) is 2. The van der Waals surface area contributed by atoms with Gasteiger partial charge in [0.15, 0.2) is 5.25 Å². The molecule has 1 aliphatic carbocycles. The number of allylic oxidation sites excluding steroid dienone is 1. The molecule has 42 heavy (non-hydrogen) atoms. The average molecular weight is 617 g/mol. The van der Waals surface area contributed by atoms with Crippen molar-refractivity contribution in [2.45, 2.75) is 62.9 Å². The molecule has 0 spiro atoms. The second kappa shape index (κ2) is 13.1. The SMILES string of the molecule is COC(=O)[C@@H]1CC/C=C/[C@H](O)[C@@H]2CC[C@H]2CN2CCCCc3cc(Cl)ccc3COc3ccc(cc32)C(=O)NS1(=O)=O. The first-order chi connectivity index (χ1) is 20.2. The fraction of sp³-hybridized carbons (Fsp3) is 0.484. The molecule has 1 saturated carbocycles. The molecule has 5 rings (SSSR count). The first-order valence-corrected chi connectivity index (χ1v) is 16.4. The van der Waals surface area contributed by atoms with Crippen LogP contribution in [0.5, 0.6) is 5.75 Å². The van der Waals surface area contributed by atoms with Crippen molar-refractivity contribution in [2.24, 2.45) is 11.8 Å². The molecule has 2 N–H and O–H groups in total. The maximum absolute atomic E-state index is 13.3. The largest absolute Gasteiger partial charge is 0.487 e. The molecule has 0 unspecified atom stereocenters. The Labute approximate surface area is 251 Å². The molecule has 1 amide bonds. The molecule has 2 aliphatic heterocycles. The fourth-order valence-corrected chi connectivity index (χ4v) is 7.56. The van der Waals surface area contributed by atoms with Crippen molar-refractivity contribution in [3.05, 3.63) is 70.3 Å². The van der Waals surface area contributed by atoms with Gasteiger partial charge in [-0.05, 0) is 98.2 Å². The van der Waals surface area contributed by atoms with Gasteiger partial charge in [0, 0.05) is 23.7 Å². The van der Waals surface area contributed by atoms with Gasteiger partial charge >= 0.3 is 5.97 Å². The predicted octanol–water partition coefficient (Wildman–Crippen LogP) is 4.40. The lowest BCUT2D eigenvalue weighted by Gasteiger charge is -2.42. The molecule has 11 heteroatoms. The predicted molar refractivity (Wildman–Crippen MR) is 160 cm³/mol. The van der Waals surface area contributed by atoms with Crippen molar-refractivity contribution in [1.29, 1.82) is 0 Å². The number of sulfonamides is 1. The number of methoxy groups -OCH3 is 1. The summed E-state index contributed by atoms with van der Waals surface area (Å²) < 4.78 is 39.5. The van der Waals surface area contributed by atoms with Crippen LogP contribution in [-0.4, -0.2) is 57.0 Å². The zero-order chi connectivity index (χ0) is 29.9. The molecule has 2 bridgehead atoms. The summed E-state index contributed by atoms with van der Waals surface area (Å²) >= 11 is 6.28. The monoisotopic (exact) mass is 616 g/mol. The second-order valence-corrected chi connectivity index (χ2v) is 13.6. The zero-order valence-electron chi connectivity index (χ0n) is 23.6. The Hall–Kier alpha value is -3.08. The number of halogens is 1. The van der Waals surface area contributed by atoms with Crippen LogP contribution in [0.4, 0.5) is 5.69 Å². The van der Waals surface area contributed by atoms with Crippen LogP contribution in [0, 0.1) is 11.8 Å². The summed E-state index contributed by atoms with van der Waals surface area (Å²) in [6.45, 7) is 1.66. The lowest BCUT2D eigenvalue weighted by Crippen LogP contribution is -2.44. The first-order valence-electron chi connectivity index (χ1n) is 14.4. The number of rotatable bonds is 1. The summed E-state index contributed by atoms with van der Waals surface area (Å²) in [5.41, 5.74) is 2.99. The topological polar surface area (TPSA) is 122 Å². The van der Waals surface area contributed by atoms with Gasteiger partial charge in [0.2, 0.25) is 10.0 Å². The Kier molecular flexibility index (Phi) is 9.44. The number of nitrogens with zero attached hydrogens (tertiary/aromatic N) is 1. The van der Waals surface area contributed by atoms with Crippen molar-refractivity contribution in [3.63, 3.8) is 0 Å². The smallest absolute Gasteiger partial charge is 0.326 e. The van der Waals surface area contributed by atoms with E-state index in [1.54, 1.807) is 24.3 Å². The maximum Gasteiger partial charge on any atom is 0.326 e. The number of hydrogen-bond acceptors (Lipinski definition) is 8. The van der Waals surface area contributed by atoms with Crippen molar-refractivity contribution >= 4 is 39.2 Å². The second-order valence-electron chi connectivity index (χ2n) is 11.3. The van der Waals surface area contributed by atoms with Gasteiger partial charge in [-0.2, -0.15) is 0 Å². The Balaban J connectivity index is 1.54. The number of benzene rings is 2. The molecular weight excluding hydrogens is 580 g/mol. The van der Waals surface area contributed by atoms with E-state index in [0.29, 0.717) is 36.2 Å². The number of fused-ring (bicyclic) bond motifs is 3. The number of nitrogens with one attached hydrogen (secondary N) is 1. The molecule has 226 valence electrons. The Bertz CT molecular complexity index is 1460. The first kappa shape index (κ1) is 30.4. The van der Waals surface area contributed by atoms with Gasteiger partial charge in [-0.1, -0.05) is 29.8 Å². The molecule has 9 nitrogen and oxygen atoms in total. The zero-order valence-corrected chi connectivity index (χ0v) is 25.2. The third-order valence-electron chi connectivity index (χ3n) is 8.61. The van der Waals surface area contributed by atoms with Gasteiger partial charge in [-0.15, -0.1) is 0 Å². The van der Waals surface area contributed by atoms with E-state index in [1.165, 1.54) is 6.07 Å². The quantitative estimate of drug-likeness (QED) is 0.357. The summed E-state index contributed by atoms with van der Waals surface area (Å²) in [6.07, 6.45) is 7.33. The maximum atomic E-state index is 13.3. The molecule has 0 saturated heterocycles. The minimum absolute atomic E-state index is 0.0507. The fourth-order valence-electron chi connectivity index (χ4n) is 6.05. The van der Waals surface area contributed by atoms with E-state index in [9.17, 15) is 23.1 Å². The van der Waals surface area contributed by atoms with Gasteiger partial charge in [0.05, 0.1) is 18.9 Å². The number of esters is 1. The number of carbonyl (C=O) groups is 2. The highest BCUT2D eigenvalue weighted by molar-refractivity contribution is 7.91. The van der Waals surface area contributed by atoms with Crippen LogP contribution in [0.15, 0.2) is 48.6 Å². The van der Waals surface area contributed by atoms with E-state index in [-0.39, 0.29) is 30.2 Å². The van der Waals surface area contributed by atoms with Crippen molar-refractivity contribution in [2.75, 3.05) is 25.1 Å². The molecule has 0 aromatic heterocycles. The van der Waals surface area contributed by atoms with Crippen LogP contribution in [0.3, 0.4) is 0 Å². The van der Waals surface area contributed by atoms with E-state index in [0.717, 1.165) is 50.3 Å². The number of amides is 1. The molecular formula is C31H37ClN2O7S. The van der Waals surface area contributed by atoms with Gasteiger partial charge in [0.1, 0.15) is 12.4 Å². The third-order valence-corrected chi connectivity index (χ3v) is 10.5. The lowest BCUT2D eigenvalue weighted by atomic mass is 9.70. The number of aliphatic hydroxyl groups excluding tert-OH is 1. The van der Waals surface area contributed by atoms with Crippen molar-refractivity contribution in [1.82, 2.24) is 4.72 Å². The standard InChI is InChI=1S/C31H37ClN2O7S/c1-40-31(37)29-8-3-2-7-27(35)25-13-10-22(25)18-34-15-5-4-6-20-16-24(32)12-9-23(20)19-41-28-14-11-21(17-26(28)34)30(36)33-42(29,38)39/h2,7,9,11-12,14,16-17,22,25,27,29,35H,3-6,8,10,13,15,18-19H2,1H3,(H,33,36)/b7-2+/t22-,25+,27-,29-/m0/s1. The number of hydrogen-bond donors (Lipinski definition) is 2. The van der Waals surface area contributed by atoms with E-state index >= 15 is 0 Å². The number of carbonyl (C=O) groups excluding carboxylic acids is 2. The summed E-state index contributed by atoms with van der Waals surface area (Å²) in [5.74, 6) is -0.934. The Morgan fingerprint density at radius 3 is 2.71 bits per heavy atom. The van der Waals surface area contributed by atoms with Crippen LogP contribution in [-0.2, 0) is 32.6 Å². The summed E-state index contributed by atoms with van der Waals surface area (Å²) in [5, 5.41) is 10.1. The molecule has 2 heterocycles. The molecule has 2 aromatic carbocycles. The minimum atomic E-state index is -4.41. The van der Waals surface area contributed by atoms with Gasteiger partial charge in [-0.3, -0.25) is 9.59 Å². The molecule has 1 fully saturated rings. The normalized spacial score (nSPS) is 27.0. The highest BCUT2D eigenvalue weighted by Gasteiger charge is 2.38. The highest BCUT2D eigenvalue weighted by Crippen LogP contribution is 2.41. The van der Waals surface area contributed by atoms with Crippen LogP contribution >= 0.6 is 11.6 Å². The van der Waals surface area contributed by atoms with E-state index in [1.807, 2.05) is 18.2 Å². The van der Waals surface area contributed by atoms with Crippen LogP contribution < -0.4 is 14.4 Å². The number of anilines is 1. The highest BCUT2D eigenvalue weighted by atomic mass is 35.5. The lowest BCUT2D eigenvalue weighted by molar-refractivity contribution is -0.140. The van der Waals surface area contributed by atoms with Crippen LogP contribution in [0.25, 0.3) is 0 Å². The van der Waals surface area contributed by atoms with Crippen molar-refractivity contribution < 1.29 is 32.6 Å². The minimum Gasteiger partial charge on any atom is -0.487 e. The molecule has 4 atom stereocenters. The van der Waals surface area contributed by atoms with Gasteiger partial charge < -0.3 is 19.5 Å². The van der Waals surface area contributed by atoms with E-state index in [4.69, 9.17) is 21.1 Å². The molecule has 0 radical (unpaired) electrons. The molecule has 3 aliphatic rings.